The topological polar surface area (TPSA) is 85.3 Å². The van der Waals surface area contributed by atoms with Crippen LogP contribution in [0.1, 0.15) is 5.56 Å². The van der Waals surface area contributed by atoms with Crippen LogP contribution in [0.5, 0.6) is 5.75 Å². The van der Waals surface area contributed by atoms with Gasteiger partial charge in [-0.2, -0.15) is 4.98 Å². The first kappa shape index (κ1) is 26.3. The van der Waals surface area contributed by atoms with E-state index in [-0.39, 0.29) is 5.82 Å². The molecule has 8 nitrogen and oxygen atoms in total. The van der Waals surface area contributed by atoms with Crippen LogP contribution in [0.15, 0.2) is 66.7 Å². The Kier molecular flexibility index (Phi) is 7.18. The van der Waals surface area contributed by atoms with Crippen molar-refractivity contribution in [1.29, 1.82) is 0 Å². The Morgan fingerprint density at radius 1 is 0.925 bits per heavy atom. The molecule has 2 aromatic heterocycles. The van der Waals surface area contributed by atoms with Crippen LogP contribution in [-0.4, -0.2) is 57.9 Å². The summed E-state index contributed by atoms with van der Waals surface area (Å²) in [7, 11) is 1.66. The molecule has 0 radical (unpaired) electrons. The Morgan fingerprint density at radius 3 is 2.38 bits per heavy atom. The number of anilines is 2. The van der Waals surface area contributed by atoms with Gasteiger partial charge in [-0.25, -0.2) is 14.1 Å². The van der Waals surface area contributed by atoms with Crippen molar-refractivity contribution in [2.24, 2.45) is 0 Å². The van der Waals surface area contributed by atoms with Gasteiger partial charge in [0.2, 0.25) is 5.95 Å². The van der Waals surface area contributed by atoms with Crippen LogP contribution in [0, 0.1) is 5.82 Å². The molecule has 1 aliphatic heterocycles. The molecule has 3 heterocycles. The highest BCUT2D eigenvalue weighted by molar-refractivity contribution is 6.42. The molecule has 5 aromatic rings. The normalized spacial score (nSPS) is 14.2. The summed E-state index contributed by atoms with van der Waals surface area (Å²) in [5.74, 6) is 1.20. The summed E-state index contributed by atoms with van der Waals surface area (Å²) in [6.07, 6.45) is 0. The molecule has 1 saturated heterocycles. The van der Waals surface area contributed by atoms with E-state index in [1.807, 2.05) is 12.1 Å². The van der Waals surface area contributed by atoms with E-state index >= 15 is 4.39 Å². The quantitative estimate of drug-likeness (QED) is 0.271. The fraction of sp³-hybridized carbons (Fsp3) is 0.207. The van der Waals surface area contributed by atoms with Crippen molar-refractivity contribution in [3.63, 3.8) is 0 Å². The van der Waals surface area contributed by atoms with E-state index in [1.165, 1.54) is 16.3 Å². The van der Waals surface area contributed by atoms with Crippen LogP contribution >= 0.6 is 23.2 Å². The molecular weight excluding hydrogens is 552 g/mol. The van der Waals surface area contributed by atoms with Gasteiger partial charge in [0.05, 0.1) is 33.9 Å². The summed E-state index contributed by atoms with van der Waals surface area (Å²) in [4.78, 5) is 14.1. The third-order valence-electron chi connectivity index (χ3n) is 7.05. The summed E-state index contributed by atoms with van der Waals surface area (Å²) in [6.45, 7) is 3.90. The van der Waals surface area contributed by atoms with Crippen LogP contribution in [0.3, 0.4) is 0 Å². The molecule has 0 bridgehead atoms. The molecule has 0 aliphatic carbocycles. The molecule has 1 fully saturated rings. The highest BCUT2D eigenvalue weighted by atomic mass is 35.5. The minimum atomic E-state index is -0.403. The van der Waals surface area contributed by atoms with Gasteiger partial charge in [0.25, 0.3) is 0 Å². The first-order valence-corrected chi connectivity index (χ1v) is 13.5. The van der Waals surface area contributed by atoms with E-state index in [9.17, 15) is 0 Å². The van der Waals surface area contributed by atoms with Gasteiger partial charge in [-0.3, -0.25) is 4.90 Å². The average Bonchev–Trinajstić information content (AvgIpc) is 3.31. The van der Waals surface area contributed by atoms with Crippen molar-refractivity contribution >= 4 is 46.0 Å². The first-order chi connectivity index (χ1) is 19.4. The maximum Gasteiger partial charge on any atom is 0.228 e. The van der Waals surface area contributed by atoms with Crippen molar-refractivity contribution in [3.8, 4) is 22.7 Å². The number of halogens is 3. The number of nitrogens with two attached hydrogens (primary N) is 1. The van der Waals surface area contributed by atoms with E-state index in [1.54, 1.807) is 43.5 Å². The molecule has 0 amide bonds. The van der Waals surface area contributed by atoms with Gasteiger partial charge in [0.15, 0.2) is 5.65 Å². The number of methoxy groups -OCH3 is 1. The van der Waals surface area contributed by atoms with Gasteiger partial charge in [0.1, 0.15) is 17.4 Å². The summed E-state index contributed by atoms with van der Waals surface area (Å²) < 4.78 is 21.8. The fourth-order valence-electron chi connectivity index (χ4n) is 4.90. The Hall–Kier alpha value is -3.92. The second-order valence-corrected chi connectivity index (χ2v) is 10.4. The predicted octanol–water partition coefficient (Wildman–Crippen LogP) is 5.84. The van der Waals surface area contributed by atoms with E-state index in [0.29, 0.717) is 57.1 Å². The van der Waals surface area contributed by atoms with Gasteiger partial charge < -0.3 is 15.4 Å². The summed E-state index contributed by atoms with van der Waals surface area (Å²) >= 11 is 12.4. The lowest BCUT2D eigenvalue weighted by atomic mass is 10.1. The van der Waals surface area contributed by atoms with Gasteiger partial charge >= 0.3 is 0 Å². The number of aromatic nitrogens is 4. The number of rotatable bonds is 6. The zero-order valence-corrected chi connectivity index (χ0v) is 23.2. The summed E-state index contributed by atoms with van der Waals surface area (Å²) in [6, 6.07) is 19.7. The third-order valence-corrected chi connectivity index (χ3v) is 7.79. The van der Waals surface area contributed by atoms with Crippen molar-refractivity contribution in [3.05, 3.63) is 88.2 Å². The second-order valence-electron chi connectivity index (χ2n) is 9.56. The van der Waals surface area contributed by atoms with Crippen LogP contribution < -0.4 is 15.4 Å². The average molecular weight is 578 g/mol. The van der Waals surface area contributed by atoms with Gasteiger partial charge in [-0.1, -0.05) is 47.5 Å². The maximum absolute atomic E-state index is 15.1. The molecule has 0 atom stereocenters. The Labute approximate surface area is 240 Å². The number of ether oxygens (including phenoxy) is 1. The smallest absolute Gasteiger partial charge is 0.228 e. The number of hydrogen-bond acceptors (Lipinski definition) is 7. The lowest BCUT2D eigenvalue weighted by Crippen LogP contribution is -2.46. The lowest BCUT2D eigenvalue weighted by Gasteiger charge is -2.34. The Balaban J connectivity index is 1.34. The largest absolute Gasteiger partial charge is 0.497 e. The second kappa shape index (κ2) is 10.9. The minimum absolute atomic E-state index is 0.280. The van der Waals surface area contributed by atoms with Crippen molar-refractivity contribution in [2.45, 2.75) is 6.54 Å². The molecule has 0 spiro atoms. The summed E-state index contributed by atoms with van der Waals surface area (Å²) in [5.41, 5.74) is 9.50. The lowest BCUT2D eigenvalue weighted by molar-refractivity contribution is 0.248. The van der Waals surface area contributed by atoms with E-state index in [0.717, 1.165) is 25.4 Å². The van der Waals surface area contributed by atoms with Crippen LogP contribution in [0.4, 0.5) is 16.2 Å². The number of nitrogen functional groups attached to an aromatic ring is 1. The Bertz CT molecular complexity index is 1680. The molecule has 40 heavy (non-hydrogen) atoms. The third kappa shape index (κ3) is 5.03. The zero-order chi connectivity index (χ0) is 27.8. The number of hydrogen-bond donors (Lipinski definition) is 1. The summed E-state index contributed by atoms with van der Waals surface area (Å²) in [5, 5.41) is 5.93. The molecule has 11 heteroatoms. The highest BCUT2D eigenvalue weighted by Gasteiger charge is 2.25. The first-order valence-electron chi connectivity index (χ1n) is 12.8. The SMILES string of the molecule is COc1ccc(CN2CCN(c3nc(-c4ccccc4F)c4c(N)n(-c5ccc(Cl)c(Cl)c5)nc4n3)CC2)cc1. The highest BCUT2D eigenvalue weighted by Crippen LogP contribution is 2.35. The number of benzene rings is 3. The molecular formula is C29H26Cl2FN7O. The minimum Gasteiger partial charge on any atom is -0.497 e. The molecule has 3 aromatic carbocycles. The van der Waals surface area contributed by atoms with Crippen LogP contribution in [0.25, 0.3) is 28.0 Å². The van der Waals surface area contributed by atoms with Gasteiger partial charge in [-0.15, -0.1) is 5.10 Å². The maximum atomic E-state index is 15.1. The van der Waals surface area contributed by atoms with Crippen molar-refractivity contribution < 1.29 is 9.13 Å². The number of nitrogens with zero attached hydrogens (tertiary/aromatic N) is 6. The molecule has 2 N–H and O–H groups in total. The van der Waals surface area contributed by atoms with Gasteiger partial charge in [0, 0.05) is 38.3 Å². The van der Waals surface area contributed by atoms with E-state index < -0.39 is 5.82 Å². The van der Waals surface area contributed by atoms with E-state index in [4.69, 9.17) is 43.6 Å². The number of piperazine rings is 1. The molecule has 6 rings (SSSR count). The Morgan fingerprint density at radius 2 is 1.68 bits per heavy atom. The molecule has 0 saturated carbocycles. The van der Waals surface area contributed by atoms with Crippen molar-refractivity contribution in [2.75, 3.05) is 43.9 Å². The molecule has 0 unspecified atom stereocenters. The van der Waals surface area contributed by atoms with E-state index in [2.05, 4.69) is 27.0 Å². The monoisotopic (exact) mass is 577 g/mol. The van der Waals surface area contributed by atoms with Crippen LogP contribution in [-0.2, 0) is 6.54 Å². The molecule has 1 aliphatic rings. The standard InChI is InChI=1S/C29H26Cl2FN7O/c1-40-20-9-6-18(7-10-20)17-37-12-14-38(15-13-37)29-34-26(21-4-2-3-5-24(21)32)25-27(33)39(36-28(25)35-29)19-8-11-22(30)23(31)16-19/h2-11,16H,12-15,17,33H2,1H3. The van der Waals surface area contributed by atoms with Crippen molar-refractivity contribution in [1.82, 2.24) is 24.6 Å². The van der Waals surface area contributed by atoms with Gasteiger partial charge in [-0.05, 0) is 48.0 Å². The molecule has 204 valence electrons. The van der Waals surface area contributed by atoms with Crippen LogP contribution in [0.2, 0.25) is 10.0 Å². The predicted molar refractivity (Wildman–Crippen MR) is 157 cm³/mol. The fourth-order valence-corrected chi connectivity index (χ4v) is 5.19. The number of fused-ring (bicyclic) bond motifs is 1. The zero-order valence-electron chi connectivity index (χ0n) is 21.7.